The highest BCUT2D eigenvalue weighted by Gasteiger charge is 2.26. The minimum atomic E-state index is -3.55. The third-order valence-corrected chi connectivity index (χ3v) is 7.91. The summed E-state index contributed by atoms with van der Waals surface area (Å²) in [5.74, 6) is 0. The van der Waals surface area contributed by atoms with Crippen molar-refractivity contribution in [1.29, 1.82) is 0 Å². The molecule has 0 radical (unpaired) electrons. The molecule has 0 amide bonds. The van der Waals surface area contributed by atoms with E-state index in [1.165, 1.54) is 19.3 Å². The molecular weight excluding hydrogens is 368 g/mol. The molecule has 5 heteroatoms. The molecule has 2 atom stereocenters. The molecule has 0 unspecified atom stereocenters. The van der Waals surface area contributed by atoms with Crippen molar-refractivity contribution in [3.05, 3.63) is 60.3 Å². The first-order chi connectivity index (χ1) is 13.5. The SMILES string of the molecule is C[C@@H]1CCC[C@H](C)N1CCc1cccc2[nH]cc(S(=O)(=O)c3ccccc3)c12. The maximum Gasteiger partial charge on any atom is 0.208 e. The van der Waals surface area contributed by atoms with Crippen LogP contribution in [0, 0.1) is 0 Å². The number of likely N-dealkylation sites (tertiary alicyclic amines) is 1. The second-order valence-electron chi connectivity index (χ2n) is 7.93. The molecule has 1 aliphatic heterocycles. The molecule has 28 heavy (non-hydrogen) atoms. The normalized spacial score (nSPS) is 21.2. The first-order valence-electron chi connectivity index (χ1n) is 10.1. The lowest BCUT2D eigenvalue weighted by molar-refractivity contribution is 0.105. The standard InChI is InChI=1S/C23H28N2O2S/c1-17-8-6-9-18(2)25(17)15-14-19-10-7-13-21-23(19)22(16-24-21)28(26,27)20-11-4-3-5-12-20/h3-5,7,10-13,16-18,24H,6,8-9,14-15H2,1-2H3/t17-,18+. The molecule has 1 saturated heterocycles. The third kappa shape index (κ3) is 3.49. The minimum Gasteiger partial charge on any atom is -0.360 e. The molecule has 1 N–H and O–H groups in total. The topological polar surface area (TPSA) is 53.2 Å². The van der Waals surface area contributed by atoms with Gasteiger partial charge in [0.05, 0.1) is 9.79 Å². The summed E-state index contributed by atoms with van der Waals surface area (Å²) >= 11 is 0. The molecule has 0 spiro atoms. The van der Waals surface area contributed by atoms with Gasteiger partial charge in [-0.15, -0.1) is 0 Å². The fourth-order valence-electron chi connectivity index (χ4n) is 4.54. The van der Waals surface area contributed by atoms with Crippen LogP contribution >= 0.6 is 0 Å². The molecule has 1 aliphatic rings. The predicted molar refractivity (Wildman–Crippen MR) is 113 cm³/mol. The number of nitrogens with zero attached hydrogens (tertiary/aromatic N) is 1. The summed E-state index contributed by atoms with van der Waals surface area (Å²) in [6.45, 7) is 5.56. The van der Waals surface area contributed by atoms with Crippen LogP contribution in [0.1, 0.15) is 38.7 Å². The predicted octanol–water partition coefficient (Wildman–Crippen LogP) is 4.81. The van der Waals surface area contributed by atoms with E-state index in [1.807, 2.05) is 18.2 Å². The van der Waals surface area contributed by atoms with Crippen LogP contribution in [-0.2, 0) is 16.3 Å². The average Bonchev–Trinajstić information content (AvgIpc) is 3.14. The zero-order valence-corrected chi connectivity index (χ0v) is 17.4. The quantitative estimate of drug-likeness (QED) is 0.674. The summed E-state index contributed by atoms with van der Waals surface area (Å²) in [6, 6.07) is 15.9. The van der Waals surface area contributed by atoms with Gasteiger partial charge in [-0.25, -0.2) is 8.42 Å². The van der Waals surface area contributed by atoms with Gasteiger partial charge in [0.1, 0.15) is 0 Å². The zero-order chi connectivity index (χ0) is 19.7. The first kappa shape index (κ1) is 19.2. The van der Waals surface area contributed by atoms with E-state index in [2.05, 4.69) is 29.8 Å². The van der Waals surface area contributed by atoms with Gasteiger partial charge in [-0.2, -0.15) is 0 Å². The highest BCUT2D eigenvalue weighted by atomic mass is 32.2. The lowest BCUT2D eigenvalue weighted by atomic mass is 9.96. The molecule has 4 rings (SSSR count). The van der Waals surface area contributed by atoms with Crippen LogP contribution in [-0.4, -0.2) is 36.9 Å². The van der Waals surface area contributed by atoms with Gasteiger partial charge in [0.2, 0.25) is 9.84 Å². The molecule has 2 heterocycles. The zero-order valence-electron chi connectivity index (χ0n) is 16.6. The number of benzene rings is 2. The van der Waals surface area contributed by atoms with E-state index < -0.39 is 9.84 Å². The Kier molecular flexibility index (Phi) is 5.30. The number of piperidine rings is 1. The van der Waals surface area contributed by atoms with Gasteiger partial charge in [-0.1, -0.05) is 36.8 Å². The molecule has 0 saturated carbocycles. The van der Waals surface area contributed by atoms with Gasteiger partial charge in [-0.05, 0) is 56.9 Å². The third-order valence-electron chi connectivity index (χ3n) is 6.11. The van der Waals surface area contributed by atoms with Crippen LogP contribution < -0.4 is 0 Å². The summed E-state index contributed by atoms with van der Waals surface area (Å²) in [6.07, 6.45) is 6.27. The average molecular weight is 397 g/mol. The molecule has 2 aromatic carbocycles. The van der Waals surface area contributed by atoms with Crippen LogP contribution in [0.15, 0.2) is 64.5 Å². The van der Waals surface area contributed by atoms with E-state index in [0.29, 0.717) is 21.9 Å². The highest BCUT2D eigenvalue weighted by molar-refractivity contribution is 7.91. The molecule has 3 aromatic rings. The van der Waals surface area contributed by atoms with Crippen molar-refractivity contribution in [3.63, 3.8) is 0 Å². The number of nitrogens with one attached hydrogen (secondary N) is 1. The number of aromatic amines is 1. The van der Waals surface area contributed by atoms with Gasteiger partial charge >= 0.3 is 0 Å². The number of sulfone groups is 1. The van der Waals surface area contributed by atoms with E-state index in [9.17, 15) is 8.42 Å². The van der Waals surface area contributed by atoms with Crippen LogP contribution in [0.25, 0.3) is 10.9 Å². The Morgan fingerprint density at radius 1 is 1.00 bits per heavy atom. The van der Waals surface area contributed by atoms with Gasteiger partial charge < -0.3 is 4.98 Å². The number of H-pyrrole nitrogens is 1. The first-order valence-corrected chi connectivity index (χ1v) is 11.6. The number of fused-ring (bicyclic) bond motifs is 1. The summed E-state index contributed by atoms with van der Waals surface area (Å²) < 4.78 is 26.5. The van der Waals surface area contributed by atoms with Crippen LogP contribution in [0.4, 0.5) is 0 Å². The van der Waals surface area contributed by atoms with Crippen molar-refractivity contribution in [2.75, 3.05) is 6.54 Å². The van der Waals surface area contributed by atoms with Crippen molar-refractivity contribution < 1.29 is 8.42 Å². The molecule has 0 aliphatic carbocycles. The van der Waals surface area contributed by atoms with Gasteiger partial charge in [0, 0.05) is 35.7 Å². The van der Waals surface area contributed by atoms with Gasteiger partial charge in [0.15, 0.2) is 0 Å². The lowest BCUT2D eigenvalue weighted by Crippen LogP contribution is -2.44. The van der Waals surface area contributed by atoms with E-state index in [0.717, 1.165) is 29.4 Å². The summed E-state index contributed by atoms with van der Waals surface area (Å²) in [5, 5.41) is 0.837. The smallest absolute Gasteiger partial charge is 0.208 e. The number of aromatic nitrogens is 1. The molecule has 1 aromatic heterocycles. The van der Waals surface area contributed by atoms with Gasteiger partial charge in [0.25, 0.3) is 0 Å². The Morgan fingerprint density at radius 2 is 1.71 bits per heavy atom. The minimum absolute atomic E-state index is 0.337. The second-order valence-corrected chi connectivity index (χ2v) is 9.84. The maximum atomic E-state index is 13.2. The number of hydrogen-bond donors (Lipinski definition) is 1. The summed E-state index contributed by atoms with van der Waals surface area (Å²) in [5.41, 5.74) is 1.98. The van der Waals surface area contributed by atoms with Crippen molar-refractivity contribution in [2.45, 2.75) is 61.4 Å². The van der Waals surface area contributed by atoms with Crippen LogP contribution in [0.2, 0.25) is 0 Å². The Balaban J connectivity index is 1.70. The van der Waals surface area contributed by atoms with Crippen molar-refractivity contribution in [1.82, 2.24) is 9.88 Å². The van der Waals surface area contributed by atoms with E-state index in [-0.39, 0.29) is 0 Å². The summed E-state index contributed by atoms with van der Waals surface area (Å²) in [7, 11) is -3.55. The van der Waals surface area contributed by atoms with E-state index >= 15 is 0 Å². The van der Waals surface area contributed by atoms with Crippen molar-refractivity contribution in [3.8, 4) is 0 Å². The van der Waals surface area contributed by atoms with Crippen LogP contribution in [0.5, 0.6) is 0 Å². The van der Waals surface area contributed by atoms with Crippen molar-refractivity contribution in [2.24, 2.45) is 0 Å². The molecule has 148 valence electrons. The van der Waals surface area contributed by atoms with Gasteiger partial charge in [-0.3, -0.25) is 4.90 Å². The van der Waals surface area contributed by atoms with E-state index in [1.54, 1.807) is 30.5 Å². The molecule has 1 fully saturated rings. The molecule has 0 bridgehead atoms. The van der Waals surface area contributed by atoms with E-state index in [4.69, 9.17) is 0 Å². The Hall–Kier alpha value is -2.11. The second kappa shape index (κ2) is 7.72. The number of hydrogen-bond acceptors (Lipinski definition) is 3. The largest absolute Gasteiger partial charge is 0.360 e. The van der Waals surface area contributed by atoms with Crippen molar-refractivity contribution >= 4 is 20.7 Å². The monoisotopic (exact) mass is 396 g/mol. The Labute approximate surface area is 167 Å². The summed E-state index contributed by atoms with van der Waals surface area (Å²) in [4.78, 5) is 6.45. The highest BCUT2D eigenvalue weighted by Crippen LogP contribution is 2.31. The Morgan fingerprint density at radius 3 is 2.43 bits per heavy atom. The fraction of sp³-hybridized carbons (Fsp3) is 0.391. The Bertz CT molecular complexity index is 1050. The molecular formula is C23H28N2O2S. The number of rotatable bonds is 5. The van der Waals surface area contributed by atoms with Crippen LogP contribution in [0.3, 0.4) is 0 Å². The lowest BCUT2D eigenvalue weighted by Gasteiger charge is -2.39. The molecule has 4 nitrogen and oxygen atoms in total. The maximum absolute atomic E-state index is 13.2. The fourth-order valence-corrected chi connectivity index (χ4v) is 6.03.